The SMILES string of the molecule is CCOC(=O)C1=C(CN2CCO[C@H]3CNC[C@H]32)NC(c2nccs2)=N[C@H]1c1ccc(F)cc1Cl. The zero-order valence-corrected chi connectivity index (χ0v) is 20.2. The molecule has 0 amide bonds. The second kappa shape index (κ2) is 10.1. The van der Waals surface area contributed by atoms with E-state index in [1.165, 1.54) is 23.5 Å². The van der Waals surface area contributed by atoms with Crippen LogP contribution in [0.25, 0.3) is 0 Å². The van der Waals surface area contributed by atoms with E-state index < -0.39 is 17.8 Å². The lowest BCUT2D eigenvalue weighted by Gasteiger charge is -2.38. The number of fused-ring (bicyclic) bond motifs is 1. The lowest BCUT2D eigenvalue weighted by molar-refractivity contribution is -0.139. The molecule has 5 rings (SSSR count). The quantitative estimate of drug-likeness (QED) is 0.583. The number of rotatable bonds is 6. The van der Waals surface area contributed by atoms with Gasteiger partial charge in [0.05, 0.1) is 30.9 Å². The van der Waals surface area contributed by atoms with Crippen molar-refractivity contribution in [3.05, 3.63) is 62.5 Å². The molecule has 0 radical (unpaired) electrons. The Morgan fingerprint density at radius 3 is 3.06 bits per heavy atom. The van der Waals surface area contributed by atoms with Crippen LogP contribution in [-0.2, 0) is 14.3 Å². The highest BCUT2D eigenvalue weighted by Crippen LogP contribution is 2.37. The molecule has 11 heteroatoms. The molecule has 3 aliphatic rings. The maximum Gasteiger partial charge on any atom is 0.338 e. The first-order valence-electron chi connectivity index (χ1n) is 11.2. The number of aliphatic imine (C=N–C) groups is 1. The number of hydrogen-bond acceptors (Lipinski definition) is 9. The van der Waals surface area contributed by atoms with Crippen LogP contribution < -0.4 is 10.6 Å². The van der Waals surface area contributed by atoms with Crippen LogP contribution in [0.15, 0.2) is 46.0 Å². The highest BCUT2D eigenvalue weighted by molar-refractivity contribution is 7.11. The molecule has 0 aliphatic carbocycles. The number of carbonyl (C=O) groups excluding carboxylic acids is 1. The van der Waals surface area contributed by atoms with Crippen molar-refractivity contribution < 1.29 is 18.7 Å². The summed E-state index contributed by atoms with van der Waals surface area (Å²) in [7, 11) is 0. The van der Waals surface area contributed by atoms with E-state index >= 15 is 0 Å². The molecule has 0 unspecified atom stereocenters. The highest BCUT2D eigenvalue weighted by atomic mass is 35.5. The number of halogens is 2. The normalized spacial score (nSPS) is 25.0. The molecular weight excluding hydrogens is 481 g/mol. The maximum absolute atomic E-state index is 13.8. The first-order valence-corrected chi connectivity index (χ1v) is 12.5. The van der Waals surface area contributed by atoms with Gasteiger partial charge in [-0.05, 0) is 19.1 Å². The van der Waals surface area contributed by atoms with Crippen LogP contribution >= 0.6 is 22.9 Å². The lowest BCUT2D eigenvalue weighted by atomic mass is 9.94. The van der Waals surface area contributed by atoms with E-state index in [0.717, 1.165) is 19.6 Å². The fourth-order valence-electron chi connectivity index (χ4n) is 4.63. The van der Waals surface area contributed by atoms with E-state index in [4.69, 9.17) is 26.1 Å². The average molecular weight is 506 g/mol. The predicted molar refractivity (Wildman–Crippen MR) is 128 cm³/mol. The summed E-state index contributed by atoms with van der Waals surface area (Å²) in [6, 6.07) is 3.55. The zero-order chi connectivity index (χ0) is 23.7. The van der Waals surface area contributed by atoms with E-state index in [1.54, 1.807) is 19.2 Å². The van der Waals surface area contributed by atoms with Crippen molar-refractivity contribution >= 4 is 34.7 Å². The number of nitrogens with one attached hydrogen (secondary N) is 2. The number of thiazole rings is 1. The molecule has 34 heavy (non-hydrogen) atoms. The van der Waals surface area contributed by atoms with Gasteiger partial charge in [-0.2, -0.15) is 0 Å². The number of benzene rings is 1. The van der Waals surface area contributed by atoms with Gasteiger partial charge in [-0.25, -0.2) is 14.2 Å². The van der Waals surface area contributed by atoms with Crippen molar-refractivity contribution in [1.82, 2.24) is 20.5 Å². The molecular formula is C23H25ClFN5O3S. The van der Waals surface area contributed by atoms with Crippen LogP contribution in [0.5, 0.6) is 0 Å². The molecule has 2 N–H and O–H groups in total. The van der Waals surface area contributed by atoms with E-state index in [-0.39, 0.29) is 23.8 Å². The van der Waals surface area contributed by atoms with Gasteiger partial charge in [-0.3, -0.25) is 9.89 Å². The van der Waals surface area contributed by atoms with Gasteiger partial charge in [-0.1, -0.05) is 17.7 Å². The smallest absolute Gasteiger partial charge is 0.338 e. The molecule has 2 fully saturated rings. The van der Waals surface area contributed by atoms with Gasteiger partial charge >= 0.3 is 5.97 Å². The third-order valence-corrected chi connectivity index (χ3v) is 7.29. The maximum atomic E-state index is 13.8. The Bertz CT molecular complexity index is 1130. The van der Waals surface area contributed by atoms with Gasteiger partial charge in [-0.15, -0.1) is 11.3 Å². The van der Waals surface area contributed by atoms with Crippen LogP contribution in [0, 0.1) is 5.82 Å². The third kappa shape index (κ3) is 4.60. The summed E-state index contributed by atoms with van der Waals surface area (Å²) in [5, 5.41) is 9.49. The second-order valence-corrected chi connectivity index (χ2v) is 9.53. The standard InChI is InChI=1S/C23H25ClFN5O3S/c1-2-32-23(31)19-16(12-30-6-7-33-18-11-26-10-17(18)30)28-21(22-27-5-8-34-22)29-20(19)14-4-3-13(25)9-15(14)24/h3-5,8-9,17-18,20,26H,2,6-7,10-12H2,1H3,(H,28,29)/t17-,18+,20+/m1/s1. The number of carbonyl (C=O) groups is 1. The molecule has 0 saturated carbocycles. The van der Waals surface area contributed by atoms with Crippen molar-refractivity contribution in [2.45, 2.75) is 25.1 Å². The molecule has 1 aromatic heterocycles. The van der Waals surface area contributed by atoms with Gasteiger partial charge in [0.1, 0.15) is 11.9 Å². The van der Waals surface area contributed by atoms with E-state index in [2.05, 4.69) is 20.5 Å². The van der Waals surface area contributed by atoms with Crippen molar-refractivity contribution in [3.8, 4) is 0 Å². The molecule has 0 bridgehead atoms. The van der Waals surface area contributed by atoms with E-state index in [9.17, 15) is 9.18 Å². The first kappa shape index (κ1) is 23.4. The molecule has 3 atom stereocenters. The minimum atomic E-state index is -0.763. The molecule has 4 heterocycles. The van der Waals surface area contributed by atoms with Gasteiger partial charge in [0.25, 0.3) is 0 Å². The molecule has 1 aromatic carbocycles. The summed E-state index contributed by atoms with van der Waals surface area (Å²) >= 11 is 7.88. The van der Waals surface area contributed by atoms with Crippen LogP contribution in [0.1, 0.15) is 23.5 Å². The number of aromatic nitrogens is 1. The van der Waals surface area contributed by atoms with Crippen LogP contribution in [0.4, 0.5) is 4.39 Å². The molecule has 3 aliphatic heterocycles. The number of amidine groups is 1. The molecule has 0 spiro atoms. The molecule has 2 aromatic rings. The van der Waals surface area contributed by atoms with Crippen LogP contribution in [0.2, 0.25) is 5.02 Å². The Morgan fingerprint density at radius 1 is 1.41 bits per heavy atom. The summed E-state index contributed by atoms with van der Waals surface area (Å²) in [5.74, 6) is -0.397. The van der Waals surface area contributed by atoms with Crippen LogP contribution in [-0.4, -0.2) is 73.2 Å². The molecule has 8 nitrogen and oxygen atoms in total. The van der Waals surface area contributed by atoms with Crippen LogP contribution in [0.3, 0.4) is 0 Å². The zero-order valence-electron chi connectivity index (χ0n) is 18.6. The van der Waals surface area contributed by atoms with Gasteiger partial charge in [0.15, 0.2) is 10.8 Å². The Balaban J connectivity index is 1.59. The second-order valence-electron chi connectivity index (χ2n) is 8.23. The minimum Gasteiger partial charge on any atom is -0.463 e. The largest absolute Gasteiger partial charge is 0.463 e. The van der Waals surface area contributed by atoms with Crippen molar-refractivity contribution in [2.75, 3.05) is 39.4 Å². The van der Waals surface area contributed by atoms with Gasteiger partial charge in [0, 0.05) is 54.0 Å². The number of esters is 1. The lowest BCUT2D eigenvalue weighted by Crippen LogP contribution is -2.53. The monoisotopic (exact) mass is 505 g/mol. The third-order valence-electron chi connectivity index (χ3n) is 6.18. The fraction of sp³-hybridized carbons (Fsp3) is 0.435. The summed E-state index contributed by atoms with van der Waals surface area (Å²) < 4.78 is 25.2. The van der Waals surface area contributed by atoms with Gasteiger partial charge < -0.3 is 20.1 Å². The highest BCUT2D eigenvalue weighted by Gasteiger charge is 2.39. The number of morpholine rings is 1. The summed E-state index contributed by atoms with van der Waals surface area (Å²) in [4.78, 5) is 24.8. The average Bonchev–Trinajstić information content (AvgIpc) is 3.52. The van der Waals surface area contributed by atoms with E-state index in [1.807, 2.05) is 5.38 Å². The Kier molecular flexibility index (Phi) is 6.94. The summed E-state index contributed by atoms with van der Waals surface area (Å²) in [6.45, 7) is 5.41. The van der Waals surface area contributed by atoms with Gasteiger partial charge in [0.2, 0.25) is 0 Å². The van der Waals surface area contributed by atoms with Crippen molar-refractivity contribution in [2.24, 2.45) is 4.99 Å². The summed E-state index contributed by atoms with van der Waals surface area (Å²) in [5.41, 5.74) is 1.57. The Labute approximate surface area is 205 Å². The Hall–Kier alpha value is -2.37. The number of hydrogen-bond donors (Lipinski definition) is 2. The van der Waals surface area contributed by atoms with E-state index in [0.29, 0.717) is 40.8 Å². The topological polar surface area (TPSA) is 88.1 Å². The number of ether oxygens (including phenoxy) is 2. The summed E-state index contributed by atoms with van der Waals surface area (Å²) in [6.07, 6.45) is 1.81. The molecule has 180 valence electrons. The van der Waals surface area contributed by atoms with Crippen molar-refractivity contribution in [3.63, 3.8) is 0 Å². The minimum absolute atomic E-state index is 0.110. The Morgan fingerprint density at radius 2 is 2.29 bits per heavy atom. The number of nitrogens with zero attached hydrogens (tertiary/aromatic N) is 3. The first-order chi connectivity index (χ1) is 16.5. The molecule has 2 saturated heterocycles. The predicted octanol–water partition coefficient (Wildman–Crippen LogP) is 2.52. The van der Waals surface area contributed by atoms with Crippen molar-refractivity contribution in [1.29, 1.82) is 0 Å². The fourth-order valence-corrected chi connectivity index (χ4v) is 5.49.